The number of rotatable bonds is 10. The number of hydrogen-bond acceptors (Lipinski definition) is 6. The Morgan fingerprint density at radius 2 is 1.82 bits per heavy atom. The van der Waals surface area contributed by atoms with Gasteiger partial charge < -0.3 is 14.6 Å². The predicted octanol–water partition coefficient (Wildman–Crippen LogP) is 4.60. The second kappa shape index (κ2) is 12.8. The summed E-state index contributed by atoms with van der Waals surface area (Å²) in [7, 11) is 1.59. The second-order valence-electron chi connectivity index (χ2n) is 8.36. The molecular weight excluding hydrogens is 428 g/mol. The molecule has 0 saturated carbocycles. The molecular formula is C26H36N6O2. The average Bonchev–Trinajstić information content (AvgIpc) is 3.33. The van der Waals surface area contributed by atoms with E-state index in [2.05, 4.69) is 40.3 Å². The number of methoxy groups -OCH3 is 1. The quantitative estimate of drug-likeness (QED) is 0.369. The first kappa shape index (κ1) is 25.4. The molecule has 0 atom stereocenters. The summed E-state index contributed by atoms with van der Waals surface area (Å²) in [6, 6.07) is 9.90. The van der Waals surface area contributed by atoms with Crippen molar-refractivity contribution in [1.82, 2.24) is 29.5 Å². The molecule has 0 aromatic carbocycles. The molecule has 0 saturated heterocycles. The summed E-state index contributed by atoms with van der Waals surface area (Å²) >= 11 is 0. The molecule has 4 heterocycles. The van der Waals surface area contributed by atoms with Crippen LogP contribution < -0.4 is 15.6 Å². The zero-order valence-electron chi connectivity index (χ0n) is 20.7. The molecule has 0 aliphatic carbocycles. The van der Waals surface area contributed by atoms with Gasteiger partial charge in [-0.05, 0) is 37.0 Å². The van der Waals surface area contributed by atoms with Crippen LogP contribution in [0.1, 0.15) is 58.4 Å². The number of nitrogens with zero attached hydrogens (tertiary/aromatic N) is 5. The molecule has 0 aliphatic rings. The molecule has 0 aliphatic heterocycles. The normalized spacial score (nSPS) is 11.1. The molecule has 0 unspecified atom stereocenters. The van der Waals surface area contributed by atoms with Crippen LogP contribution in [0.25, 0.3) is 16.7 Å². The van der Waals surface area contributed by atoms with Gasteiger partial charge in [0.1, 0.15) is 12.1 Å². The lowest BCUT2D eigenvalue weighted by atomic mass is 10.1. The minimum Gasteiger partial charge on any atom is -0.495 e. The summed E-state index contributed by atoms with van der Waals surface area (Å²) in [6.07, 6.45) is 11.2. The standard InChI is InChI=1S/C14H22N4.C12H14N2O2/c1-3-5-13(6-4-2)15-9-12-7-8-14-16-11-17-18(14)10-12;1-3-6-14-11-7-9(16-2)8-13-10(11)4-5-12(14)15/h7-8,10-11,13,15H,3-6,9H2,1-2H3;4-5,7-8H,3,6H2,1-2H3. The van der Waals surface area contributed by atoms with Crippen molar-refractivity contribution < 1.29 is 4.74 Å². The molecule has 0 fully saturated rings. The van der Waals surface area contributed by atoms with E-state index in [1.807, 2.05) is 29.8 Å². The fourth-order valence-corrected chi connectivity index (χ4v) is 3.99. The van der Waals surface area contributed by atoms with Gasteiger partial charge in [0.05, 0.1) is 24.3 Å². The van der Waals surface area contributed by atoms with Crippen LogP contribution in [0.3, 0.4) is 0 Å². The van der Waals surface area contributed by atoms with Crippen LogP contribution in [0, 0.1) is 0 Å². The lowest BCUT2D eigenvalue weighted by Gasteiger charge is -2.17. The van der Waals surface area contributed by atoms with Gasteiger partial charge in [0.15, 0.2) is 5.65 Å². The maximum absolute atomic E-state index is 11.7. The summed E-state index contributed by atoms with van der Waals surface area (Å²) in [6.45, 7) is 8.13. The highest BCUT2D eigenvalue weighted by atomic mass is 16.5. The number of ether oxygens (including phenoxy) is 1. The van der Waals surface area contributed by atoms with Gasteiger partial charge in [0.25, 0.3) is 5.56 Å². The number of nitrogens with one attached hydrogen (secondary N) is 1. The Morgan fingerprint density at radius 3 is 2.53 bits per heavy atom. The van der Waals surface area contributed by atoms with E-state index in [-0.39, 0.29) is 5.56 Å². The molecule has 1 N–H and O–H groups in total. The zero-order valence-corrected chi connectivity index (χ0v) is 20.7. The number of fused-ring (bicyclic) bond motifs is 2. The van der Waals surface area contributed by atoms with Gasteiger partial charge in [0, 0.05) is 37.5 Å². The first-order valence-electron chi connectivity index (χ1n) is 12.1. The molecule has 0 amide bonds. The van der Waals surface area contributed by atoms with E-state index in [9.17, 15) is 4.79 Å². The Labute approximate surface area is 201 Å². The molecule has 34 heavy (non-hydrogen) atoms. The van der Waals surface area contributed by atoms with Gasteiger partial charge in [-0.1, -0.05) is 39.7 Å². The minimum atomic E-state index is 0.00408. The molecule has 8 heteroatoms. The Morgan fingerprint density at radius 1 is 1.03 bits per heavy atom. The van der Waals surface area contributed by atoms with Crippen molar-refractivity contribution in [2.75, 3.05) is 7.11 Å². The van der Waals surface area contributed by atoms with Crippen LogP contribution in [0.5, 0.6) is 5.75 Å². The largest absolute Gasteiger partial charge is 0.495 e. The molecule has 182 valence electrons. The highest BCUT2D eigenvalue weighted by Crippen LogP contribution is 2.16. The average molecular weight is 465 g/mol. The Kier molecular flexibility index (Phi) is 9.58. The first-order chi connectivity index (χ1) is 16.6. The number of pyridine rings is 3. The van der Waals surface area contributed by atoms with Crippen LogP contribution in [0.15, 0.2) is 53.8 Å². The van der Waals surface area contributed by atoms with Gasteiger partial charge in [-0.25, -0.2) is 9.50 Å². The predicted molar refractivity (Wildman–Crippen MR) is 136 cm³/mol. The topological polar surface area (TPSA) is 86.3 Å². The third-order valence-electron chi connectivity index (χ3n) is 5.70. The highest BCUT2D eigenvalue weighted by Gasteiger charge is 2.07. The maximum atomic E-state index is 11.7. The molecule has 0 radical (unpaired) electrons. The van der Waals surface area contributed by atoms with Crippen molar-refractivity contribution in [3.63, 3.8) is 0 Å². The van der Waals surface area contributed by atoms with Crippen molar-refractivity contribution in [3.05, 3.63) is 65.0 Å². The monoisotopic (exact) mass is 464 g/mol. The van der Waals surface area contributed by atoms with Crippen molar-refractivity contribution in [1.29, 1.82) is 0 Å². The van der Waals surface area contributed by atoms with E-state index in [1.54, 1.807) is 36.3 Å². The maximum Gasteiger partial charge on any atom is 0.251 e. The Bertz CT molecular complexity index is 1230. The summed E-state index contributed by atoms with van der Waals surface area (Å²) in [4.78, 5) is 20.1. The second-order valence-corrected chi connectivity index (χ2v) is 8.36. The Hall–Kier alpha value is -3.26. The van der Waals surface area contributed by atoms with Gasteiger partial charge in [-0.3, -0.25) is 9.78 Å². The summed E-state index contributed by atoms with van der Waals surface area (Å²) in [5.74, 6) is 0.669. The zero-order chi connectivity index (χ0) is 24.3. The molecule has 4 rings (SSSR count). The van der Waals surface area contributed by atoms with E-state index in [4.69, 9.17) is 4.74 Å². The minimum absolute atomic E-state index is 0.00408. The fraction of sp³-hybridized carbons (Fsp3) is 0.462. The first-order valence-corrected chi connectivity index (χ1v) is 12.1. The molecule has 8 nitrogen and oxygen atoms in total. The van der Waals surface area contributed by atoms with E-state index < -0.39 is 0 Å². The third-order valence-corrected chi connectivity index (χ3v) is 5.70. The van der Waals surface area contributed by atoms with Crippen molar-refractivity contribution in [3.8, 4) is 5.75 Å². The lowest BCUT2D eigenvalue weighted by molar-refractivity contribution is 0.413. The summed E-state index contributed by atoms with van der Waals surface area (Å²) in [5, 5.41) is 7.79. The summed E-state index contributed by atoms with van der Waals surface area (Å²) in [5.41, 5.74) is 3.80. The molecule has 4 aromatic rings. The van der Waals surface area contributed by atoms with Crippen LogP contribution in [0.2, 0.25) is 0 Å². The Balaban J connectivity index is 0.000000192. The van der Waals surface area contributed by atoms with E-state index in [1.165, 1.54) is 31.2 Å². The molecule has 0 spiro atoms. The van der Waals surface area contributed by atoms with Crippen molar-refractivity contribution in [2.45, 2.75) is 72.0 Å². The van der Waals surface area contributed by atoms with Gasteiger partial charge in [0.2, 0.25) is 0 Å². The van der Waals surface area contributed by atoms with Gasteiger partial charge >= 0.3 is 0 Å². The highest BCUT2D eigenvalue weighted by molar-refractivity contribution is 5.75. The van der Waals surface area contributed by atoms with Gasteiger partial charge in [-0.2, -0.15) is 5.10 Å². The number of hydrogen-bond donors (Lipinski definition) is 1. The van der Waals surface area contributed by atoms with Crippen molar-refractivity contribution >= 4 is 16.7 Å². The van der Waals surface area contributed by atoms with Gasteiger partial charge in [-0.15, -0.1) is 0 Å². The summed E-state index contributed by atoms with van der Waals surface area (Å²) < 4.78 is 8.67. The van der Waals surface area contributed by atoms with E-state index in [0.29, 0.717) is 18.3 Å². The number of aryl methyl sites for hydroxylation is 1. The van der Waals surface area contributed by atoms with Crippen LogP contribution in [0.4, 0.5) is 0 Å². The van der Waals surface area contributed by atoms with E-state index in [0.717, 1.165) is 29.6 Å². The van der Waals surface area contributed by atoms with Crippen LogP contribution in [-0.2, 0) is 13.1 Å². The number of aromatic nitrogens is 5. The fourth-order valence-electron chi connectivity index (χ4n) is 3.99. The van der Waals surface area contributed by atoms with Crippen LogP contribution in [-0.4, -0.2) is 37.3 Å². The van der Waals surface area contributed by atoms with E-state index >= 15 is 0 Å². The molecule has 0 bridgehead atoms. The smallest absolute Gasteiger partial charge is 0.251 e. The lowest BCUT2D eigenvalue weighted by Crippen LogP contribution is -2.28. The van der Waals surface area contributed by atoms with Crippen LogP contribution >= 0.6 is 0 Å². The third kappa shape index (κ3) is 6.63. The molecule has 4 aromatic heterocycles. The van der Waals surface area contributed by atoms with Crippen molar-refractivity contribution in [2.24, 2.45) is 0 Å². The SMILES string of the molecule is CCCC(CCC)NCc1ccc2ncnn2c1.CCCn1c(=O)ccc2ncc(OC)cc21.